The first-order valence-corrected chi connectivity index (χ1v) is 29.5. The van der Waals surface area contributed by atoms with Gasteiger partial charge >= 0.3 is 0 Å². The van der Waals surface area contributed by atoms with E-state index in [-0.39, 0.29) is 41.9 Å². The average Bonchev–Trinajstić information content (AvgIpc) is 3.94. The average molecular weight is 1090 g/mol. The van der Waals surface area contributed by atoms with Crippen LogP contribution in [0.4, 0.5) is 28.4 Å². The molecule has 0 saturated carbocycles. The van der Waals surface area contributed by atoms with Crippen LogP contribution >= 0.6 is 21.6 Å². The number of hydrogen-bond donors (Lipinski definition) is 0. The molecule has 5 aromatic carbocycles. The first-order chi connectivity index (χ1) is 37.4. The Kier molecular flexibility index (Phi) is 18.9. The molecule has 0 aromatic heterocycles. The van der Waals surface area contributed by atoms with E-state index in [0.29, 0.717) is 75.3 Å². The molecule has 14 nitrogen and oxygen atoms in total. The van der Waals surface area contributed by atoms with Crippen molar-refractivity contribution >= 4 is 61.8 Å². The molecule has 4 aliphatic rings. The molecule has 2 amide bonds. The van der Waals surface area contributed by atoms with Crippen molar-refractivity contribution < 1.29 is 42.7 Å². The molecule has 0 saturated heterocycles. The van der Waals surface area contributed by atoms with Crippen LogP contribution in [0.2, 0.25) is 0 Å². The van der Waals surface area contributed by atoms with Gasteiger partial charge in [0.2, 0.25) is 0 Å². The third kappa shape index (κ3) is 13.3. The van der Waals surface area contributed by atoms with E-state index in [0.717, 1.165) is 102 Å². The van der Waals surface area contributed by atoms with E-state index in [4.69, 9.17) is 33.2 Å². The number of fused-ring (bicyclic) bond motifs is 8. The summed E-state index contributed by atoms with van der Waals surface area (Å²) >= 11 is 0. The van der Waals surface area contributed by atoms with Crippen molar-refractivity contribution in [1.29, 1.82) is 0 Å². The summed E-state index contributed by atoms with van der Waals surface area (Å²) in [5.74, 6) is 2.73. The molecule has 0 spiro atoms. The summed E-state index contributed by atoms with van der Waals surface area (Å²) in [7, 11) is 11.2. The number of aryl methyl sites for hydroxylation is 1. The normalized spacial score (nSPS) is 16.6. The number of ether oxygens (including phenoxy) is 7. The molecule has 0 aliphatic carbocycles. The van der Waals surface area contributed by atoms with Crippen LogP contribution in [0.25, 0.3) is 0 Å². The Morgan fingerprint density at radius 1 is 0.636 bits per heavy atom. The maximum atomic E-state index is 14.4. The van der Waals surface area contributed by atoms with Gasteiger partial charge in [0.25, 0.3) is 11.8 Å². The number of benzene rings is 5. The van der Waals surface area contributed by atoms with Gasteiger partial charge in [-0.05, 0) is 117 Å². The third-order valence-corrected chi connectivity index (χ3v) is 18.0. The van der Waals surface area contributed by atoms with Crippen molar-refractivity contribution in [3.05, 3.63) is 130 Å². The lowest BCUT2D eigenvalue weighted by Crippen LogP contribution is -2.41. The lowest BCUT2D eigenvalue weighted by atomic mass is 10.1. The van der Waals surface area contributed by atoms with Crippen molar-refractivity contribution in [3.63, 3.8) is 0 Å². The van der Waals surface area contributed by atoms with E-state index in [1.807, 2.05) is 100.0 Å². The smallest absolute Gasteiger partial charge is 0.260 e. The molecule has 77 heavy (non-hydrogen) atoms. The molecule has 0 unspecified atom stereocenters. The minimum absolute atomic E-state index is 0.0135. The van der Waals surface area contributed by atoms with Crippen LogP contribution in [-0.2, 0) is 45.0 Å². The molecule has 0 bridgehead atoms. The second-order valence-electron chi connectivity index (χ2n) is 21.1. The van der Waals surface area contributed by atoms with Gasteiger partial charge in [0, 0.05) is 100 Å². The van der Waals surface area contributed by atoms with Gasteiger partial charge in [0.1, 0.15) is 19.0 Å². The Balaban J connectivity index is 1.00. The Hall–Kier alpha value is -5.62. The highest BCUT2D eigenvalue weighted by Gasteiger charge is 2.41. The number of carbonyl (C=O) groups excluding carboxylic acids is 2. The number of likely N-dealkylation sites (N-methyl/N-ethyl adjacent to an activating group) is 2. The van der Waals surface area contributed by atoms with E-state index < -0.39 is 0 Å². The number of amides is 2. The monoisotopic (exact) mass is 1090 g/mol. The zero-order chi connectivity index (χ0) is 54.1. The predicted molar refractivity (Wildman–Crippen MR) is 313 cm³/mol. The second-order valence-corrected chi connectivity index (χ2v) is 24.2. The van der Waals surface area contributed by atoms with Gasteiger partial charge in [0.15, 0.2) is 11.5 Å². The van der Waals surface area contributed by atoms with Crippen molar-refractivity contribution in [2.75, 3.05) is 131 Å². The third-order valence-electron chi connectivity index (χ3n) is 14.6. The second kappa shape index (κ2) is 25.9. The Morgan fingerprint density at radius 3 is 1.81 bits per heavy atom. The summed E-state index contributed by atoms with van der Waals surface area (Å²) in [6.45, 7) is 16.1. The van der Waals surface area contributed by atoms with E-state index in [9.17, 15) is 9.59 Å². The van der Waals surface area contributed by atoms with Gasteiger partial charge in [0.05, 0.1) is 74.7 Å². The number of nitrogens with zero attached hydrogens (tertiary/aromatic N) is 5. The van der Waals surface area contributed by atoms with Crippen molar-refractivity contribution in [2.45, 2.75) is 83.4 Å². The number of anilines is 5. The van der Waals surface area contributed by atoms with E-state index in [1.54, 1.807) is 14.2 Å². The maximum Gasteiger partial charge on any atom is 0.260 e. The fourth-order valence-corrected chi connectivity index (χ4v) is 13.6. The predicted octanol–water partition coefficient (Wildman–Crippen LogP) is 10.7. The van der Waals surface area contributed by atoms with Crippen LogP contribution in [0, 0.1) is 6.92 Å². The van der Waals surface area contributed by atoms with Gasteiger partial charge in [-0.15, -0.1) is 0 Å². The van der Waals surface area contributed by atoms with Crippen molar-refractivity contribution in [1.82, 2.24) is 0 Å². The first kappa shape index (κ1) is 56.1. The molecule has 9 rings (SSSR count). The number of methoxy groups -OCH3 is 2. The molecule has 0 N–H and O–H groups in total. The number of para-hydroxylation sites is 2. The molecular formula is C61H77N5O9S2. The van der Waals surface area contributed by atoms with Crippen LogP contribution in [0.1, 0.15) is 82.1 Å². The summed E-state index contributed by atoms with van der Waals surface area (Å²) in [6, 6.07) is 30.9. The summed E-state index contributed by atoms with van der Waals surface area (Å²) in [5, 5.41) is 0. The highest BCUT2D eigenvalue weighted by atomic mass is 33.1. The van der Waals surface area contributed by atoms with Crippen LogP contribution < -0.4 is 38.7 Å². The first-order valence-electron chi connectivity index (χ1n) is 27.1. The van der Waals surface area contributed by atoms with Gasteiger partial charge in [-0.25, -0.2) is 0 Å². The van der Waals surface area contributed by atoms with Gasteiger partial charge in [-0.2, -0.15) is 0 Å². The van der Waals surface area contributed by atoms with Crippen LogP contribution in [0.3, 0.4) is 0 Å². The topological polar surface area (TPSA) is 115 Å². The minimum atomic E-state index is -0.142. The zero-order valence-corrected chi connectivity index (χ0v) is 47.9. The lowest BCUT2D eigenvalue weighted by Gasteiger charge is -2.34. The molecule has 4 heterocycles. The van der Waals surface area contributed by atoms with E-state index in [1.165, 1.54) is 11.1 Å². The fraction of sp³-hybridized carbons (Fsp3) is 0.475. The molecule has 0 fully saturated rings. The highest BCUT2D eigenvalue weighted by molar-refractivity contribution is 8.77. The Bertz CT molecular complexity index is 2850. The Labute approximate surface area is 464 Å². The van der Waals surface area contributed by atoms with Crippen LogP contribution in [-0.4, -0.2) is 135 Å². The number of hydrogen-bond acceptors (Lipinski definition) is 14. The summed E-state index contributed by atoms with van der Waals surface area (Å²) < 4.78 is 42.3. The fourth-order valence-electron chi connectivity index (χ4n) is 11.0. The quantitative estimate of drug-likeness (QED) is 0.0367. The van der Waals surface area contributed by atoms with Crippen LogP contribution in [0.5, 0.6) is 17.2 Å². The van der Waals surface area contributed by atoms with E-state index in [2.05, 4.69) is 78.9 Å². The van der Waals surface area contributed by atoms with Gasteiger partial charge in [-0.1, -0.05) is 64.9 Å². The van der Waals surface area contributed by atoms with Gasteiger partial charge < -0.3 is 57.7 Å². The summed E-state index contributed by atoms with van der Waals surface area (Å²) in [4.78, 5) is 39.5. The minimum Gasteiger partial charge on any atom is -0.493 e. The molecule has 16 heteroatoms. The summed E-state index contributed by atoms with van der Waals surface area (Å²) in [5.41, 5.74) is 11.1. The molecule has 2 atom stereocenters. The largest absolute Gasteiger partial charge is 0.493 e. The van der Waals surface area contributed by atoms with Crippen LogP contribution in [0.15, 0.2) is 91.0 Å². The SMILES string of the molecule is CCCOCCCSSC(C)(C)CN(CCOCCOCCOC)c1cc(COc2cc3c(cc2C)C(=O)N2c4ccccc4C[C@H]2CN3C)cc(COc2cc3c(cc2OC)C(=O)N2c4ccccc4C[C@H]2CN3C)c1. The molecule has 0 radical (unpaired) electrons. The van der Waals surface area contributed by atoms with Crippen molar-refractivity contribution in [2.24, 2.45) is 0 Å². The number of rotatable bonds is 27. The standard InChI is InChI=1S/C61H77N5O9S2/c1-9-20-71-21-14-27-76-77-61(3,4)41-64(19-22-72-25-26-73-24-23-69-7)47-30-43(39-74-56-35-54-50(28-42(56)2)59(67)65-48(37-62(54)5)32-45-15-10-12-17-52(45)65)29-44(31-47)40-75-58-36-55-51(34-57(58)70-8)60(68)66-49(38-63(55)6)33-46-16-11-13-18-53(46)66/h10-13,15-18,28-31,34-36,48-49H,9,14,19-27,32-33,37-41H2,1-8H3/t48-,49-/m0/s1. The molecule has 5 aromatic rings. The lowest BCUT2D eigenvalue weighted by molar-refractivity contribution is 0.0264. The highest BCUT2D eigenvalue weighted by Crippen LogP contribution is 2.44. The summed E-state index contributed by atoms with van der Waals surface area (Å²) in [6.07, 6.45) is 3.65. The number of carbonyl (C=O) groups is 2. The molecule has 4 aliphatic heterocycles. The van der Waals surface area contributed by atoms with E-state index >= 15 is 0 Å². The van der Waals surface area contributed by atoms with Crippen molar-refractivity contribution in [3.8, 4) is 17.2 Å². The molecule has 412 valence electrons. The Morgan fingerprint density at radius 2 is 1.19 bits per heavy atom. The molecular weight excluding hydrogens is 1010 g/mol. The zero-order valence-electron chi connectivity index (χ0n) is 46.3. The maximum absolute atomic E-state index is 14.4. The van der Waals surface area contributed by atoms with Gasteiger partial charge in [-0.3, -0.25) is 9.59 Å².